The molecule has 0 N–H and O–H groups in total. The minimum Gasteiger partial charge on any atom is -0.439 e. The highest BCUT2D eigenvalue weighted by Crippen LogP contribution is 2.35. The first-order valence-electron chi connectivity index (χ1n) is 4.63. The van der Waals surface area contributed by atoms with Gasteiger partial charge in [0.05, 0.1) is 21.8 Å². The van der Waals surface area contributed by atoms with E-state index in [-0.39, 0.29) is 5.38 Å². The Morgan fingerprint density at radius 1 is 1.25 bits per heavy atom. The van der Waals surface area contributed by atoms with Gasteiger partial charge in [0.15, 0.2) is 5.76 Å². The number of alkyl halides is 1. The fraction of sp³-hybridized carbons (Fsp3) is 0.182. The maximum Gasteiger partial charge on any atom is 0.212 e. The summed E-state index contributed by atoms with van der Waals surface area (Å²) in [5, 5.41) is 0.768. The highest BCUT2D eigenvalue weighted by molar-refractivity contribution is 6.39. The maximum absolute atomic E-state index is 6.05. The van der Waals surface area contributed by atoms with Crippen molar-refractivity contribution in [2.24, 2.45) is 0 Å². The molecular weight excluding hydrogens is 268 g/mol. The van der Waals surface area contributed by atoms with E-state index >= 15 is 0 Å². The Balaban J connectivity index is 2.50. The van der Waals surface area contributed by atoms with Crippen LogP contribution in [-0.2, 0) is 0 Å². The summed E-state index contributed by atoms with van der Waals surface area (Å²) in [4.78, 5) is 4.06. The van der Waals surface area contributed by atoms with Gasteiger partial charge in [-0.2, -0.15) is 0 Å². The van der Waals surface area contributed by atoms with E-state index < -0.39 is 0 Å². The molecule has 1 unspecified atom stereocenters. The summed E-state index contributed by atoms with van der Waals surface area (Å²) in [6, 6.07) is 5.26. The second-order valence-corrected chi connectivity index (χ2v) is 4.74. The number of hydrogen-bond donors (Lipinski definition) is 0. The summed E-state index contributed by atoms with van der Waals surface area (Å²) < 4.78 is 5.48. The molecule has 1 aromatic carbocycles. The molecule has 0 saturated carbocycles. The molecule has 5 heteroatoms. The molecule has 2 nitrogen and oxygen atoms in total. The van der Waals surface area contributed by atoms with Gasteiger partial charge in [0, 0.05) is 0 Å². The second kappa shape index (κ2) is 4.66. The van der Waals surface area contributed by atoms with Gasteiger partial charge in [0.2, 0.25) is 5.89 Å². The van der Waals surface area contributed by atoms with Crippen molar-refractivity contribution in [1.82, 2.24) is 4.98 Å². The van der Waals surface area contributed by atoms with Gasteiger partial charge in [-0.15, -0.1) is 11.6 Å². The molecule has 0 aliphatic carbocycles. The summed E-state index contributed by atoms with van der Waals surface area (Å²) in [6.07, 6.45) is 1.57. The SMILES string of the molecule is CC(Cl)c1ncc(-c2c(Cl)cccc2Cl)o1. The molecule has 0 bridgehead atoms. The van der Waals surface area contributed by atoms with Crippen molar-refractivity contribution >= 4 is 34.8 Å². The maximum atomic E-state index is 6.05. The largest absolute Gasteiger partial charge is 0.439 e. The average molecular weight is 277 g/mol. The number of benzene rings is 1. The van der Waals surface area contributed by atoms with Gasteiger partial charge in [-0.1, -0.05) is 29.3 Å². The first-order chi connectivity index (χ1) is 7.59. The Kier molecular flexibility index (Phi) is 3.43. The van der Waals surface area contributed by atoms with Crippen LogP contribution in [0.25, 0.3) is 11.3 Å². The van der Waals surface area contributed by atoms with Crippen LogP contribution in [0.15, 0.2) is 28.8 Å². The second-order valence-electron chi connectivity index (χ2n) is 3.28. The molecule has 1 atom stereocenters. The van der Waals surface area contributed by atoms with Gasteiger partial charge < -0.3 is 4.42 Å². The van der Waals surface area contributed by atoms with Crippen LogP contribution in [0.5, 0.6) is 0 Å². The Labute approximate surface area is 108 Å². The van der Waals surface area contributed by atoms with Crippen molar-refractivity contribution in [3.8, 4) is 11.3 Å². The highest BCUT2D eigenvalue weighted by Gasteiger charge is 2.15. The van der Waals surface area contributed by atoms with Crippen LogP contribution in [0.3, 0.4) is 0 Å². The van der Waals surface area contributed by atoms with Crippen molar-refractivity contribution in [3.63, 3.8) is 0 Å². The lowest BCUT2D eigenvalue weighted by Crippen LogP contribution is -1.81. The first-order valence-corrected chi connectivity index (χ1v) is 5.83. The lowest BCUT2D eigenvalue weighted by Gasteiger charge is -2.02. The van der Waals surface area contributed by atoms with E-state index in [2.05, 4.69) is 4.98 Å². The standard InChI is InChI=1S/C11H8Cl3NO/c1-6(12)11-15-5-9(16-11)10-7(13)3-2-4-8(10)14/h2-6H,1H3. The quantitative estimate of drug-likeness (QED) is 0.725. The Bertz CT molecular complexity index is 487. The summed E-state index contributed by atoms with van der Waals surface area (Å²) in [5.41, 5.74) is 0.641. The lowest BCUT2D eigenvalue weighted by atomic mass is 10.2. The van der Waals surface area contributed by atoms with Gasteiger partial charge in [-0.3, -0.25) is 0 Å². The van der Waals surface area contributed by atoms with Gasteiger partial charge in [0.1, 0.15) is 5.38 Å². The third kappa shape index (κ3) is 2.19. The zero-order valence-electron chi connectivity index (χ0n) is 8.38. The number of halogens is 3. The van der Waals surface area contributed by atoms with E-state index in [4.69, 9.17) is 39.2 Å². The molecule has 2 aromatic rings. The van der Waals surface area contributed by atoms with Crippen LogP contribution >= 0.6 is 34.8 Å². The van der Waals surface area contributed by atoms with Crippen molar-refractivity contribution < 1.29 is 4.42 Å². The minimum absolute atomic E-state index is 0.282. The van der Waals surface area contributed by atoms with E-state index in [1.807, 2.05) is 0 Å². The van der Waals surface area contributed by atoms with E-state index in [1.54, 1.807) is 31.3 Å². The molecule has 16 heavy (non-hydrogen) atoms. The zero-order valence-corrected chi connectivity index (χ0v) is 10.6. The Morgan fingerprint density at radius 2 is 1.88 bits per heavy atom. The third-order valence-corrected chi connectivity index (χ3v) is 2.89. The molecule has 0 aliphatic rings. The number of hydrogen-bond acceptors (Lipinski definition) is 2. The summed E-state index contributed by atoms with van der Waals surface area (Å²) in [7, 11) is 0. The number of rotatable bonds is 2. The first kappa shape index (κ1) is 11.8. The number of nitrogens with zero attached hydrogens (tertiary/aromatic N) is 1. The minimum atomic E-state index is -0.282. The van der Waals surface area contributed by atoms with E-state index in [1.165, 1.54) is 0 Å². The van der Waals surface area contributed by atoms with Gasteiger partial charge in [-0.05, 0) is 19.1 Å². The zero-order chi connectivity index (χ0) is 11.7. The fourth-order valence-electron chi connectivity index (χ4n) is 1.32. The van der Waals surface area contributed by atoms with Crippen LogP contribution in [0, 0.1) is 0 Å². The number of aromatic nitrogens is 1. The monoisotopic (exact) mass is 275 g/mol. The normalized spacial score (nSPS) is 12.8. The molecule has 0 radical (unpaired) electrons. The molecule has 0 spiro atoms. The van der Waals surface area contributed by atoms with E-state index in [9.17, 15) is 0 Å². The van der Waals surface area contributed by atoms with Crippen LogP contribution in [0.2, 0.25) is 10.0 Å². The van der Waals surface area contributed by atoms with E-state index in [0.29, 0.717) is 27.3 Å². The summed E-state index contributed by atoms with van der Waals surface area (Å²) in [5.74, 6) is 0.978. The Hall–Kier alpha value is -0.700. The molecule has 1 aromatic heterocycles. The summed E-state index contributed by atoms with van der Waals surface area (Å²) in [6.45, 7) is 1.78. The summed E-state index contributed by atoms with van der Waals surface area (Å²) >= 11 is 18.0. The van der Waals surface area contributed by atoms with Crippen molar-refractivity contribution in [2.75, 3.05) is 0 Å². The molecule has 0 fully saturated rings. The predicted molar refractivity (Wildman–Crippen MR) is 66.2 cm³/mol. The smallest absolute Gasteiger partial charge is 0.212 e. The van der Waals surface area contributed by atoms with E-state index in [0.717, 1.165) is 0 Å². The van der Waals surface area contributed by atoms with Gasteiger partial charge in [-0.25, -0.2) is 4.98 Å². The average Bonchev–Trinajstić information content (AvgIpc) is 2.66. The number of oxazole rings is 1. The fourth-order valence-corrected chi connectivity index (χ4v) is 2.00. The van der Waals surface area contributed by atoms with Crippen LogP contribution in [0.4, 0.5) is 0 Å². The highest BCUT2D eigenvalue weighted by atomic mass is 35.5. The van der Waals surface area contributed by atoms with Crippen molar-refractivity contribution in [2.45, 2.75) is 12.3 Å². The van der Waals surface area contributed by atoms with Crippen LogP contribution < -0.4 is 0 Å². The van der Waals surface area contributed by atoms with Gasteiger partial charge in [0.25, 0.3) is 0 Å². The van der Waals surface area contributed by atoms with Crippen molar-refractivity contribution in [3.05, 3.63) is 40.3 Å². The molecule has 1 heterocycles. The molecule has 0 amide bonds. The van der Waals surface area contributed by atoms with Gasteiger partial charge >= 0.3 is 0 Å². The van der Waals surface area contributed by atoms with Crippen LogP contribution in [0.1, 0.15) is 18.2 Å². The lowest BCUT2D eigenvalue weighted by molar-refractivity contribution is 0.508. The molecule has 84 valence electrons. The predicted octanol–water partition coefficient (Wildman–Crippen LogP) is 4.95. The molecular formula is C11H8Cl3NO. The van der Waals surface area contributed by atoms with Crippen LogP contribution in [-0.4, -0.2) is 4.98 Å². The Morgan fingerprint density at radius 3 is 2.38 bits per heavy atom. The topological polar surface area (TPSA) is 26.0 Å². The molecule has 2 rings (SSSR count). The third-order valence-electron chi connectivity index (χ3n) is 2.07. The van der Waals surface area contributed by atoms with Crippen molar-refractivity contribution in [1.29, 1.82) is 0 Å². The molecule has 0 saturated heterocycles. The molecule has 0 aliphatic heterocycles.